The summed E-state index contributed by atoms with van der Waals surface area (Å²) in [6.07, 6.45) is 5.70. The minimum absolute atomic E-state index is 0. The largest absolute Gasteiger partial charge is 0.253 e. The second-order valence-corrected chi connectivity index (χ2v) is 17.4. The van der Waals surface area contributed by atoms with Crippen molar-refractivity contribution in [3.05, 3.63) is 106 Å². The number of hydrogen-bond acceptors (Lipinski definition) is 11. The monoisotopic (exact) mass is 1040 g/mol. The maximum atomic E-state index is 4.16. The van der Waals surface area contributed by atoms with E-state index in [2.05, 4.69) is 141 Å². The Kier molecular flexibility index (Phi) is 102. The molecule has 66 heavy (non-hydrogen) atoms. The molecule has 6 heterocycles. The van der Waals surface area contributed by atoms with Gasteiger partial charge in [-0.15, -0.1) is 45.3 Å². The first-order valence-electron chi connectivity index (χ1n) is 22.3. The van der Waals surface area contributed by atoms with Crippen LogP contribution in [0.15, 0.2) is 74.7 Å². The van der Waals surface area contributed by atoms with Crippen molar-refractivity contribution in [3.8, 4) is 0 Å². The molecule has 0 spiro atoms. The molecule has 0 unspecified atom stereocenters. The van der Waals surface area contributed by atoms with Crippen LogP contribution >= 0.6 is 68.4 Å². The zero-order chi connectivity index (χ0) is 47.9. The number of thiophene rings is 1. The van der Waals surface area contributed by atoms with Crippen LogP contribution in [0, 0.1) is 0 Å². The second-order valence-electron chi connectivity index (χ2n) is 12.5. The Morgan fingerprint density at radius 1 is 0.424 bits per heavy atom. The predicted molar refractivity (Wildman–Crippen MR) is 328 cm³/mol. The van der Waals surface area contributed by atoms with Gasteiger partial charge in [-0.2, -0.15) is 4.37 Å². The van der Waals surface area contributed by atoms with Crippen LogP contribution in [-0.4, -0.2) is 23.7 Å². The molecule has 0 saturated heterocycles. The molecule has 6 aromatic rings. The first-order valence-corrected chi connectivity index (χ1v) is 27.6. The van der Waals surface area contributed by atoms with Gasteiger partial charge in [-0.1, -0.05) is 217 Å². The van der Waals surface area contributed by atoms with E-state index in [-0.39, 0.29) is 44.6 Å². The molecule has 0 amide bonds. The minimum Gasteiger partial charge on any atom is -0.253 e. The molecule has 0 fully saturated rings. The lowest BCUT2D eigenvalue weighted by Gasteiger charge is -1.95. The van der Waals surface area contributed by atoms with E-state index >= 15 is 0 Å². The Labute approximate surface area is 441 Å². The van der Waals surface area contributed by atoms with Crippen molar-refractivity contribution in [2.75, 3.05) is 0 Å². The fraction of sp³-hybridized carbons (Fsp3) is 0.655. The summed E-state index contributed by atoms with van der Waals surface area (Å²) in [5, 5.41) is 11.5. The number of nitrogens with zero attached hydrogens (tertiary/aromatic N) is 5. The molecule has 0 saturated carbocycles. The van der Waals surface area contributed by atoms with Crippen LogP contribution in [0.1, 0.15) is 278 Å². The summed E-state index contributed by atoms with van der Waals surface area (Å²) in [6.45, 7) is 50.0. The van der Waals surface area contributed by atoms with Crippen LogP contribution in [0.25, 0.3) is 0 Å². The van der Waals surface area contributed by atoms with E-state index in [1.807, 2.05) is 135 Å². The molecule has 396 valence electrons. The predicted octanol–water partition coefficient (Wildman–Crippen LogP) is 24.2. The van der Waals surface area contributed by atoms with Crippen LogP contribution in [0.3, 0.4) is 0 Å². The third kappa shape index (κ3) is 56.2. The Morgan fingerprint density at radius 3 is 1.12 bits per heavy atom. The molecule has 0 radical (unpaired) electrons. The smallest absolute Gasteiger partial charge is 0.0950 e. The highest BCUT2D eigenvalue weighted by Crippen LogP contribution is 2.19. The van der Waals surface area contributed by atoms with Gasteiger partial charge in [-0.05, 0) is 75.7 Å². The third-order valence-electron chi connectivity index (χ3n) is 6.29. The zero-order valence-electron chi connectivity index (χ0n) is 42.7. The average molecular weight is 1040 g/mol. The Hall–Kier alpha value is -2.15. The van der Waals surface area contributed by atoms with Crippen molar-refractivity contribution in [2.45, 2.75) is 246 Å². The van der Waals surface area contributed by atoms with Crippen molar-refractivity contribution < 1.29 is 0 Å². The van der Waals surface area contributed by atoms with Crippen LogP contribution in [0.4, 0.5) is 0 Å². The molecular weight excluding hydrogens is 923 g/mol. The molecule has 11 heteroatoms. The van der Waals surface area contributed by atoms with Crippen molar-refractivity contribution in [1.82, 2.24) is 23.7 Å². The summed E-state index contributed by atoms with van der Waals surface area (Å²) in [5.74, 6) is 3.74. The van der Waals surface area contributed by atoms with E-state index in [4.69, 9.17) is 0 Å². The second kappa shape index (κ2) is 71.8. The van der Waals surface area contributed by atoms with Gasteiger partial charge in [0.05, 0.1) is 27.4 Å². The van der Waals surface area contributed by atoms with Gasteiger partial charge in [0.15, 0.2) is 0 Å². The SMILES string of the molecule is C.C.C.C.C.C.CC.CC.CC.CC.CC.CC.CC(C)c1cccs1.CC(C)c1ccsn1.CC(C)c1cncs1.CC(C)c1cnsc1.CC(C)c1cscn1.CC(C)c1nccs1. The highest BCUT2D eigenvalue weighted by molar-refractivity contribution is 7.10. The standard InChI is InChI=1S/C7H10S.5C6H9NS.6C2H6.6CH4/c1-6(2)7-4-3-5-8-7;1-5(2)6-3-8-4-7-6;1-5(2)6-3-7-4-8-6;1-5(2)6-3-7-8-4-6;1-5(2)6-7-3-4-8-6;1-5(2)6-3-4-8-7-6;6*1-2;;;;;;/h3-6H,1-2H3;5*3-5H,1-2H3;6*1-2H3;6*1H4. The van der Waals surface area contributed by atoms with E-state index in [1.54, 1.807) is 34.0 Å². The molecule has 0 aliphatic rings. The molecule has 0 bridgehead atoms. The van der Waals surface area contributed by atoms with Gasteiger partial charge < -0.3 is 0 Å². The molecule has 6 aromatic heterocycles. The highest BCUT2D eigenvalue weighted by Gasteiger charge is 2.00. The Morgan fingerprint density at radius 2 is 0.939 bits per heavy atom. The van der Waals surface area contributed by atoms with Gasteiger partial charge >= 0.3 is 0 Å². The number of thiazole rings is 3. The normalized spacial score (nSPS) is 8.09. The van der Waals surface area contributed by atoms with Crippen LogP contribution < -0.4 is 0 Å². The summed E-state index contributed by atoms with van der Waals surface area (Å²) in [6, 6.07) is 6.34. The van der Waals surface area contributed by atoms with Crippen molar-refractivity contribution in [3.63, 3.8) is 0 Å². The molecule has 0 aromatic carbocycles. The summed E-state index contributed by atoms with van der Waals surface area (Å²) < 4.78 is 8.14. The van der Waals surface area contributed by atoms with Crippen LogP contribution in [-0.2, 0) is 0 Å². The Balaban J connectivity index is -0.0000000498. The topological polar surface area (TPSA) is 64.5 Å². The quantitative estimate of drug-likeness (QED) is 0.166. The van der Waals surface area contributed by atoms with Crippen LogP contribution in [0.5, 0.6) is 0 Å². The van der Waals surface area contributed by atoms with Gasteiger partial charge in [0.1, 0.15) is 0 Å². The van der Waals surface area contributed by atoms with Crippen molar-refractivity contribution in [2.24, 2.45) is 0 Å². The summed E-state index contributed by atoms with van der Waals surface area (Å²) in [4.78, 5) is 15.1. The van der Waals surface area contributed by atoms with Crippen LogP contribution in [0.2, 0.25) is 0 Å². The van der Waals surface area contributed by atoms with Gasteiger partial charge in [0.2, 0.25) is 0 Å². The van der Waals surface area contributed by atoms with Crippen molar-refractivity contribution in [1.29, 1.82) is 0 Å². The van der Waals surface area contributed by atoms with Gasteiger partial charge in [0, 0.05) is 55.8 Å². The molecule has 0 aliphatic carbocycles. The van der Waals surface area contributed by atoms with Gasteiger partial charge in [-0.3, -0.25) is 4.98 Å². The summed E-state index contributed by atoms with van der Waals surface area (Å²) in [7, 11) is 0. The molecular formula is C55H115N5S6. The number of hydrogen-bond donors (Lipinski definition) is 0. The molecule has 0 aliphatic heterocycles. The molecule has 6 rings (SSSR count). The minimum atomic E-state index is 0. The fourth-order valence-electron chi connectivity index (χ4n) is 3.18. The zero-order valence-corrected chi connectivity index (χ0v) is 47.6. The van der Waals surface area contributed by atoms with E-state index < -0.39 is 0 Å². The van der Waals surface area contributed by atoms with Gasteiger partial charge in [0.25, 0.3) is 0 Å². The lowest BCUT2D eigenvalue weighted by atomic mass is 10.1. The molecule has 0 atom stereocenters. The van der Waals surface area contributed by atoms with E-state index in [1.165, 1.54) is 54.8 Å². The highest BCUT2D eigenvalue weighted by atomic mass is 32.1. The van der Waals surface area contributed by atoms with E-state index in [0.29, 0.717) is 35.5 Å². The molecule has 5 nitrogen and oxygen atoms in total. The molecule has 0 N–H and O–H groups in total. The van der Waals surface area contributed by atoms with E-state index in [0.717, 1.165) is 0 Å². The maximum Gasteiger partial charge on any atom is 0.0950 e. The number of rotatable bonds is 6. The fourth-order valence-corrected chi connectivity index (χ4v) is 7.28. The number of aromatic nitrogens is 5. The first kappa shape index (κ1) is 93.8. The maximum absolute atomic E-state index is 4.16. The Bertz CT molecular complexity index is 1160. The summed E-state index contributed by atoms with van der Waals surface area (Å²) in [5.41, 5.74) is 7.49. The third-order valence-corrected chi connectivity index (χ3v) is 11.4. The average Bonchev–Trinajstić information content (AvgIpc) is 4.14. The summed E-state index contributed by atoms with van der Waals surface area (Å²) >= 11 is 9.96. The van der Waals surface area contributed by atoms with Crippen molar-refractivity contribution >= 4 is 68.4 Å². The van der Waals surface area contributed by atoms with Gasteiger partial charge in [-0.25, -0.2) is 14.3 Å². The lowest BCUT2D eigenvalue weighted by Crippen LogP contribution is -1.83. The first-order chi connectivity index (χ1) is 28.8. The van der Waals surface area contributed by atoms with E-state index in [9.17, 15) is 0 Å². The lowest BCUT2D eigenvalue weighted by molar-refractivity contribution is 0.833.